The van der Waals surface area contributed by atoms with E-state index in [4.69, 9.17) is 47.4 Å². The van der Waals surface area contributed by atoms with E-state index >= 15 is 0 Å². The minimum absolute atomic E-state index is 0.0238. The molecule has 17 heteroatoms. The number of aliphatic hydroxyl groups is 1. The lowest BCUT2D eigenvalue weighted by atomic mass is 9.68. The maximum Gasteiger partial charge on any atom is 0.329 e. The molecule has 0 aromatic heterocycles. The zero-order valence-corrected chi connectivity index (χ0v) is 46.4. The van der Waals surface area contributed by atoms with Crippen molar-refractivity contribution < 1.29 is 76.4 Å². The van der Waals surface area contributed by atoms with Crippen LogP contribution in [-0.4, -0.2) is 175 Å². The van der Waals surface area contributed by atoms with Gasteiger partial charge in [0.25, 0.3) is 11.7 Å². The molecule has 17 nitrogen and oxygen atoms in total. The van der Waals surface area contributed by atoms with Crippen molar-refractivity contribution in [2.75, 3.05) is 74.6 Å². The van der Waals surface area contributed by atoms with Crippen molar-refractivity contribution in [3.63, 3.8) is 0 Å². The average Bonchev–Trinajstić information content (AvgIpc) is 3.37. The van der Waals surface area contributed by atoms with E-state index in [0.717, 1.165) is 18.4 Å². The second-order valence-corrected chi connectivity index (χ2v) is 22.2. The summed E-state index contributed by atoms with van der Waals surface area (Å²) in [6.07, 6.45) is 13.1. The summed E-state index contributed by atoms with van der Waals surface area (Å²) in [5.41, 5.74) is 1.53. The number of carbonyl (C=O) groups excluding carboxylic acids is 5. The summed E-state index contributed by atoms with van der Waals surface area (Å²) >= 11 is 0. The molecule has 75 heavy (non-hydrogen) atoms. The Bertz CT molecular complexity index is 2030. The first-order chi connectivity index (χ1) is 35.9. The molecule has 1 amide bonds. The highest BCUT2D eigenvalue weighted by Gasteiger charge is 2.57. The number of rotatable bonds is 14. The van der Waals surface area contributed by atoms with Gasteiger partial charge in [-0.3, -0.25) is 19.2 Å². The molecular formula is C58H89NO16. The summed E-state index contributed by atoms with van der Waals surface area (Å²) in [6, 6.07) is -1.12. The lowest BCUT2D eigenvalue weighted by molar-refractivity contribution is -0.266. The number of carbonyl (C=O) groups is 5. The molecule has 5 fully saturated rings. The first kappa shape index (κ1) is 60.7. The number of allylic oxidation sites excluding steroid dienone is 6. The van der Waals surface area contributed by atoms with Crippen LogP contribution in [0.1, 0.15) is 112 Å². The molecule has 4 saturated heterocycles. The predicted molar refractivity (Wildman–Crippen MR) is 278 cm³/mol. The normalized spacial score (nSPS) is 39.7. The molecule has 0 aromatic rings. The number of Topliss-reactive ketones (excluding diaryl/α,β-unsaturated/α-hetero) is 3. The van der Waals surface area contributed by atoms with E-state index in [1.165, 1.54) is 19.1 Å². The summed E-state index contributed by atoms with van der Waals surface area (Å²) in [5.74, 6) is -7.97. The van der Waals surface area contributed by atoms with Gasteiger partial charge in [-0.25, -0.2) is 4.79 Å². The van der Waals surface area contributed by atoms with Gasteiger partial charge in [0.1, 0.15) is 36.2 Å². The smallest absolute Gasteiger partial charge is 0.329 e. The third kappa shape index (κ3) is 15.6. The monoisotopic (exact) mass is 1060 g/mol. The molecule has 0 aromatic carbocycles. The molecule has 4 bridgehead atoms. The molecule has 6 rings (SSSR count). The van der Waals surface area contributed by atoms with E-state index in [0.29, 0.717) is 83.6 Å². The van der Waals surface area contributed by atoms with Gasteiger partial charge in [0.05, 0.1) is 64.1 Å². The highest BCUT2D eigenvalue weighted by atomic mass is 16.6. The van der Waals surface area contributed by atoms with E-state index in [1.54, 1.807) is 34.1 Å². The molecule has 6 aliphatic rings. The minimum atomic E-state index is -2.47. The van der Waals surface area contributed by atoms with Crippen LogP contribution >= 0.6 is 0 Å². The number of nitrogens with zero attached hydrogens (tertiary/aromatic N) is 1. The largest absolute Gasteiger partial charge is 0.460 e. The molecular weight excluding hydrogens is 967 g/mol. The Morgan fingerprint density at radius 1 is 0.760 bits per heavy atom. The van der Waals surface area contributed by atoms with E-state index in [2.05, 4.69) is 6.92 Å². The Labute approximate surface area is 445 Å². The van der Waals surface area contributed by atoms with Crippen molar-refractivity contribution in [1.29, 1.82) is 0 Å². The number of piperidine rings is 1. The number of hydrogen-bond donors (Lipinski definition) is 1. The van der Waals surface area contributed by atoms with Crippen LogP contribution in [0.4, 0.5) is 0 Å². The SMILES string of the molecule is COCCO[C@@H]1CC[C@@H](CC2[C@H]3CCCN4C(=O)C(=O)[C@]5(O)O[C@@H](CC[C@H]5C)CC(OCCOC5COC5)/C(C)=C/C=C/C=C/[C@@H](C)C[C@@H](C)C(=O)[C@H](OC)[C@H](OC)/C(C)=C/[C@@H](C)C(=O)C[C@@H]2OC(=O)C34)C[C@H]1OC. The van der Waals surface area contributed by atoms with Crippen molar-refractivity contribution in [2.24, 2.45) is 41.4 Å². The third-order valence-corrected chi connectivity index (χ3v) is 16.8. The summed E-state index contributed by atoms with van der Waals surface area (Å²) < 4.78 is 59.4. The predicted octanol–water partition coefficient (Wildman–Crippen LogP) is 6.51. The molecule has 0 radical (unpaired) electrons. The standard InChI is InChI=1S/C58H89NO16/c1-35-15-12-11-13-16-36(2)48(73-26-25-71-43-33-70-34-43)31-42-20-18-40(6)58(65,75-42)55(62)56(63)59-22-14-17-44-45(29-41-19-21-47(50(30-41)67-8)72-24-23-66-7)49(74-57(64)51(44)59)32-46(60)37(3)28-39(5)53(68-9)54(69-10)52(61)38(4)27-35/h11-13,15-16,28,35,37-38,40-45,47-51,53-54,65H,14,17-27,29-34H2,1-10H3/b13-11+,15-12+,36-16+,39-28+/t35-,37-,38-,40-,41+,42+,44-,45?,47-,48?,49+,50-,51?,53-,54+,58-/m1/s1. The molecule has 3 unspecified atom stereocenters. The number of fused-ring (bicyclic) bond motifs is 4. The quantitative estimate of drug-likeness (QED) is 0.0853. The van der Waals surface area contributed by atoms with Gasteiger partial charge in [-0.2, -0.15) is 0 Å². The molecule has 1 N–H and O–H groups in total. The number of hydrogen-bond acceptors (Lipinski definition) is 16. The fraction of sp³-hybridized carbons (Fsp3) is 0.776. The van der Waals surface area contributed by atoms with Crippen molar-refractivity contribution in [3.8, 4) is 0 Å². The second kappa shape index (κ2) is 28.9. The molecule has 16 atom stereocenters. The minimum Gasteiger partial charge on any atom is -0.460 e. The molecule has 0 spiro atoms. The number of ether oxygens (including phenoxy) is 10. The Morgan fingerprint density at radius 2 is 1.49 bits per heavy atom. The Hall–Kier alpha value is -3.49. The van der Waals surface area contributed by atoms with Gasteiger partial charge in [0, 0.05) is 71.5 Å². The van der Waals surface area contributed by atoms with Crippen LogP contribution in [-0.2, 0) is 71.3 Å². The van der Waals surface area contributed by atoms with Gasteiger partial charge in [-0.15, -0.1) is 0 Å². The molecule has 1 saturated carbocycles. The van der Waals surface area contributed by atoms with Crippen molar-refractivity contribution >= 4 is 29.2 Å². The lowest BCUT2D eigenvalue weighted by Crippen LogP contribution is -2.65. The number of amides is 1. The average molecular weight is 1060 g/mol. The first-order valence-corrected chi connectivity index (χ1v) is 27.7. The highest BCUT2D eigenvalue weighted by molar-refractivity contribution is 6.39. The zero-order chi connectivity index (χ0) is 54.4. The van der Waals surface area contributed by atoms with Gasteiger partial charge in [-0.1, -0.05) is 64.2 Å². The molecule has 5 aliphatic heterocycles. The van der Waals surface area contributed by atoms with Crippen LogP contribution in [0.15, 0.2) is 47.6 Å². The fourth-order valence-electron chi connectivity index (χ4n) is 12.3. The molecule has 422 valence electrons. The van der Waals surface area contributed by atoms with Crippen molar-refractivity contribution in [2.45, 2.75) is 173 Å². The lowest BCUT2D eigenvalue weighted by Gasteiger charge is -2.50. The third-order valence-electron chi connectivity index (χ3n) is 16.8. The van der Waals surface area contributed by atoms with Gasteiger partial charge >= 0.3 is 5.97 Å². The van der Waals surface area contributed by atoms with Crippen molar-refractivity contribution in [3.05, 3.63) is 47.6 Å². The number of esters is 1. The van der Waals surface area contributed by atoms with Gasteiger partial charge in [0.2, 0.25) is 5.79 Å². The van der Waals surface area contributed by atoms with Crippen LogP contribution in [0.2, 0.25) is 0 Å². The Balaban J connectivity index is 1.33. The number of ketones is 3. The Morgan fingerprint density at radius 3 is 2.19 bits per heavy atom. The number of methoxy groups -OCH3 is 4. The first-order valence-electron chi connectivity index (χ1n) is 27.7. The fourth-order valence-corrected chi connectivity index (χ4v) is 12.3. The van der Waals surface area contributed by atoms with E-state index in [-0.39, 0.29) is 79.5 Å². The van der Waals surface area contributed by atoms with Crippen LogP contribution in [0, 0.1) is 41.4 Å². The van der Waals surface area contributed by atoms with Crippen LogP contribution < -0.4 is 0 Å². The zero-order valence-electron chi connectivity index (χ0n) is 46.4. The van der Waals surface area contributed by atoms with E-state index < -0.39 is 77.8 Å². The van der Waals surface area contributed by atoms with Crippen LogP contribution in [0.3, 0.4) is 0 Å². The van der Waals surface area contributed by atoms with Crippen molar-refractivity contribution in [1.82, 2.24) is 4.90 Å². The maximum absolute atomic E-state index is 14.8. The summed E-state index contributed by atoms with van der Waals surface area (Å²) in [7, 11) is 6.32. The van der Waals surface area contributed by atoms with E-state index in [9.17, 15) is 29.1 Å². The second-order valence-electron chi connectivity index (χ2n) is 22.2. The maximum atomic E-state index is 14.8. The van der Waals surface area contributed by atoms with Crippen LogP contribution in [0.5, 0.6) is 0 Å². The van der Waals surface area contributed by atoms with Gasteiger partial charge < -0.3 is 57.4 Å². The molecule has 1 aliphatic carbocycles. The summed E-state index contributed by atoms with van der Waals surface area (Å²) in [4.78, 5) is 73.8. The Kier molecular flexibility index (Phi) is 23.4. The topological polar surface area (TPSA) is 201 Å². The summed E-state index contributed by atoms with van der Waals surface area (Å²) in [5, 5.41) is 12.3. The highest BCUT2D eigenvalue weighted by Crippen LogP contribution is 2.46. The van der Waals surface area contributed by atoms with E-state index in [1.807, 2.05) is 51.2 Å². The van der Waals surface area contributed by atoms with Gasteiger partial charge in [-0.05, 0) is 101 Å². The van der Waals surface area contributed by atoms with Gasteiger partial charge in [0.15, 0.2) is 5.78 Å². The molecule has 5 heterocycles. The van der Waals surface area contributed by atoms with Crippen LogP contribution in [0.25, 0.3) is 0 Å². The summed E-state index contributed by atoms with van der Waals surface area (Å²) in [6.45, 7) is 13.9.